The molecule has 0 spiro atoms. The molecule has 0 saturated heterocycles. The van der Waals surface area contributed by atoms with Crippen LogP contribution >= 0.6 is 15.9 Å². The van der Waals surface area contributed by atoms with Crippen molar-refractivity contribution in [2.24, 2.45) is 5.92 Å². The van der Waals surface area contributed by atoms with Crippen LogP contribution in [0.3, 0.4) is 0 Å². The summed E-state index contributed by atoms with van der Waals surface area (Å²) in [7, 11) is 1.60. The van der Waals surface area contributed by atoms with Gasteiger partial charge < -0.3 is 19.7 Å². The van der Waals surface area contributed by atoms with Crippen LogP contribution in [0.1, 0.15) is 52.7 Å². The number of halogens is 1. The average molecular weight is 534 g/mol. The Morgan fingerprint density at radius 3 is 2.38 bits per heavy atom. The number of hydrogen-bond donors (Lipinski definition) is 1. The quantitative estimate of drug-likeness (QED) is 0.449. The topological polar surface area (TPSA) is 67.9 Å². The number of hydrogen-bond acceptors (Lipinski definition) is 4. The lowest BCUT2D eigenvalue weighted by atomic mass is 9.87. The van der Waals surface area contributed by atoms with Gasteiger partial charge >= 0.3 is 0 Å². The lowest BCUT2D eigenvalue weighted by Crippen LogP contribution is -2.49. The number of carbonyl (C=O) groups excluding carboxylic acids is 2. The third-order valence-corrected chi connectivity index (χ3v) is 6.11. The highest BCUT2D eigenvalue weighted by Gasteiger charge is 2.27. The molecule has 0 fully saturated rings. The molecule has 0 aliphatic carbocycles. The lowest BCUT2D eigenvalue weighted by molar-refractivity contribution is -0.142. The first-order valence-electron chi connectivity index (χ1n) is 11.5. The predicted octanol–water partition coefficient (Wildman–Crippen LogP) is 5.32. The Kier molecular flexibility index (Phi) is 9.98. The second kappa shape index (κ2) is 12.2. The SMILES string of the molecule is COc1cccc(CN(C(=O)COc2ccc(C(C)(C)C)cc2Br)[C@@H](C)C(=O)NCC(C)C)c1. The fourth-order valence-electron chi connectivity index (χ4n) is 3.31. The summed E-state index contributed by atoms with van der Waals surface area (Å²) in [5.41, 5.74) is 2.03. The van der Waals surface area contributed by atoms with E-state index in [1.165, 1.54) is 0 Å². The van der Waals surface area contributed by atoms with Gasteiger partial charge in [0.05, 0.1) is 11.6 Å². The highest BCUT2D eigenvalue weighted by atomic mass is 79.9. The number of nitrogens with one attached hydrogen (secondary N) is 1. The van der Waals surface area contributed by atoms with Crippen LogP contribution < -0.4 is 14.8 Å². The van der Waals surface area contributed by atoms with Crippen LogP contribution in [0.15, 0.2) is 46.9 Å². The molecule has 2 rings (SSSR count). The standard InChI is InChI=1S/C27H37BrN2O4/c1-18(2)15-29-26(32)19(3)30(16-20-9-8-10-22(13-20)33-7)25(31)17-34-24-12-11-21(14-23(24)28)27(4,5)6/h8-14,18-19H,15-17H2,1-7H3,(H,29,32)/t19-/m0/s1. The van der Waals surface area contributed by atoms with Crippen molar-refractivity contribution in [3.8, 4) is 11.5 Å². The van der Waals surface area contributed by atoms with Gasteiger partial charge in [-0.1, -0.05) is 52.8 Å². The minimum absolute atomic E-state index is 0.00316. The van der Waals surface area contributed by atoms with E-state index in [4.69, 9.17) is 9.47 Å². The monoisotopic (exact) mass is 532 g/mol. The second-order valence-electron chi connectivity index (χ2n) is 9.87. The first-order valence-corrected chi connectivity index (χ1v) is 12.3. The van der Waals surface area contributed by atoms with Gasteiger partial charge in [-0.2, -0.15) is 0 Å². The van der Waals surface area contributed by atoms with Gasteiger partial charge in [-0.25, -0.2) is 0 Å². The number of benzene rings is 2. The van der Waals surface area contributed by atoms with Gasteiger partial charge in [0.2, 0.25) is 5.91 Å². The van der Waals surface area contributed by atoms with Crippen LogP contribution in [-0.4, -0.2) is 43.0 Å². The van der Waals surface area contributed by atoms with Crippen molar-refractivity contribution in [2.45, 2.75) is 59.5 Å². The Bertz CT molecular complexity index is 985. The van der Waals surface area contributed by atoms with Crippen molar-refractivity contribution in [3.63, 3.8) is 0 Å². The molecule has 0 bridgehead atoms. The molecule has 7 heteroatoms. The molecule has 34 heavy (non-hydrogen) atoms. The van der Waals surface area contributed by atoms with E-state index >= 15 is 0 Å². The van der Waals surface area contributed by atoms with E-state index in [1.54, 1.807) is 18.9 Å². The van der Waals surface area contributed by atoms with E-state index in [0.717, 1.165) is 15.6 Å². The van der Waals surface area contributed by atoms with E-state index in [1.807, 2.05) is 56.3 Å². The summed E-state index contributed by atoms with van der Waals surface area (Å²) in [5, 5.41) is 2.92. The molecule has 6 nitrogen and oxygen atoms in total. The summed E-state index contributed by atoms with van der Waals surface area (Å²) < 4.78 is 12.0. The van der Waals surface area contributed by atoms with Gasteiger partial charge in [0.1, 0.15) is 17.5 Å². The van der Waals surface area contributed by atoms with Gasteiger partial charge in [0.25, 0.3) is 5.91 Å². The van der Waals surface area contributed by atoms with Crippen LogP contribution in [0.4, 0.5) is 0 Å². The average Bonchev–Trinajstić information content (AvgIpc) is 2.78. The van der Waals surface area contributed by atoms with Crippen molar-refractivity contribution >= 4 is 27.7 Å². The van der Waals surface area contributed by atoms with Crippen molar-refractivity contribution < 1.29 is 19.1 Å². The van der Waals surface area contributed by atoms with Crippen LogP contribution in [0.25, 0.3) is 0 Å². The fraction of sp³-hybridized carbons (Fsp3) is 0.481. The van der Waals surface area contributed by atoms with Crippen LogP contribution in [0.5, 0.6) is 11.5 Å². The summed E-state index contributed by atoms with van der Waals surface area (Å²) in [4.78, 5) is 27.6. The molecular weight excluding hydrogens is 496 g/mol. The molecule has 186 valence electrons. The molecule has 0 aliphatic heterocycles. The molecule has 0 unspecified atom stereocenters. The Hall–Kier alpha value is -2.54. The third kappa shape index (κ3) is 8.05. The maximum Gasteiger partial charge on any atom is 0.261 e. The van der Waals surface area contributed by atoms with Crippen LogP contribution in [-0.2, 0) is 21.5 Å². The number of carbonyl (C=O) groups is 2. The normalized spacial score (nSPS) is 12.3. The Morgan fingerprint density at radius 1 is 1.09 bits per heavy atom. The third-order valence-electron chi connectivity index (χ3n) is 5.49. The first-order chi connectivity index (χ1) is 15.9. The van der Waals surface area contributed by atoms with Crippen molar-refractivity contribution in [1.82, 2.24) is 10.2 Å². The molecule has 1 N–H and O–H groups in total. The predicted molar refractivity (Wildman–Crippen MR) is 139 cm³/mol. The fourth-order valence-corrected chi connectivity index (χ4v) is 3.80. The zero-order valence-electron chi connectivity index (χ0n) is 21.3. The number of rotatable bonds is 10. The number of nitrogens with zero attached hydrogens (tertiary/aromatic N) is 1. The Labute approximate surface area is 212 Å². The molecule has 0 saturated carbocycles. The Balaban J connectivity index is 2.20. The maximum absolute atomic E-state index is 13.3. The van der Waals surface area contributed by atoms with Gasteiger partial charge in [-0.05, 0) is 69.6 Å². The Morgan fingerprint density at radius 2 is 1.79 bits per heavy atom. The van der Waals surface area contributed by atoms with Crippen LogP contribution in [0, 0.1) is 5.92 Å². The van der Waals surface area contributed by atoms with Crippen molar-refractivity contribution in [3.05, 3.63) is 58.1 Å². The zero-order chi connectivity index (χ0) is 25.5. The smallest absolute Gasteiger partial charge is 0.261 e. The lowest BCUT2D eigenvalue weighted by Gasteiger charge is -2.29. The van der Waals surface area contributed by atoms with Gasteiger partial charge in [-0.15, -0.1) is 0 Å². The molecule has 0 radical (unpaired) electrons. The number of methoxy groups -OCH3 is 1. The molecule has 1 atom stereocenters. The van der Waals surface area contributed by atoms with Crippen LogP contribution in [0.2, 0.25) is 0 Å². The summed E-state index contributed by atoms with van der Waals surface area (Å²) in [5.74, 6) is 1.12. The summed E-state index contributed by atoms with van der Waals surface area (Å²) in [6, 6.07) is 12.7. The van der Waals surface area contributed by atoms with E-state index in [9.17, 15) is 9.59 Å². The number of ether oxygens (including phenoxy) is 2. The van der Waals surface area contributed by atoms with Crippen molar-refractivity contribution in [1.29, 1.82) is 0 Å². The van der Waals surface area contributed by atoms with Gasteiger partial charge in [-0.3, -0.25) is 9.59 Å². The van der Waals surface area contributed by atoms with Gasteiger partial charge in [0.15, 0.2) is 6.61 Å². The maximum atomic E-state index is 13.3. The largest absolute Gasteiger partial charge is 0.497 e. The summed E-state index contributed by atoms with van der Waals surface area (Å²) in [6.07, 6.45) is 0. The molecule has 0 heterocycles. The summed E-state index contributed by atoms with van der Waals surface area (Å²) >= 11 is 3.55. The number of amides is 2. The molecule has 0 aliphatic rings. The van der Waals surface area contributed by atoms with Crippen molar-refractivity contribution in [2.75, 3.05) is 20.3 Å². The second-order valence-corrected chi connectivity index (χ2v) is 10.7. The highest BCUT2D eigenvalue weighted by Crippen LogP contribution is 2.31. The minimum Gasteiger partial charge on any atom is -0.497 e. The van der Waals surface area contributed by atoms with Gasteiger partial charge in [0, 0.05) is 13.1 Å². The molecule has 0 aromatic heterocycles. The van der Waals surface area contributed by atoms with E-state index < -0.39 is 6.04 Å². The highest BCUT2D eigenvalue weighted by molar-refractivity contribution is 9.10. The molecule has 2 aromatic carbocycles. The van der Waals surface area contributed by atoms with E-state index in [0.29, 0.717) is 24.0 Å². The summed E-state index contributed by atoms with van der Waals surface area (Å²) in [6.45, 7) is 12.8. The van der Waals surface area contributed by atoms with E-state index in [2.05, 4.69) is 42.0 Å². The minimum atomic E-state index is -0.659. The molecular formula is C27H37BrN2O4. The first kappa shape index (κ1) is 27.7. The zero-order valence-corrected chi connectivity index (χ0v) is 22.9. The van der Waals surface area contributed by atoms with E-state index in [-0.39, 0.29) is 30.4 Å². The molecule has 2 aromatic rings. The molecule has 2 amide bonds.